The number of hydrogen-bond acceptors (Lipinski definition) is 6. The van der Waals surface area contributed by atoms with Gasteiger partial charge in [-0.3, -0.25) is 4.79 Å². The third-order valence-corrected chi connectivity index (χ3v) is 3.43. The summed E-state index contributed by atoms with van der Waals surface area (Å²) in [5, 5.41) is 2.81. The van der Waals surface area contributed by atoms with Gasteiger partial charge in [0.2, 0.25) is 5.91 Å². The minimum Gasteiger partial charge on any atom is -0.423 e. The molecular weight excluding hydrogens is 272 g/mol. The maximum atomic E-state index is 12.1. The lowest BCUT2D eigenvalue weighted by Gasteiger charge is -2.33. The van der Waals surface area contributed by atoms with E-state index in [0.717, 1.165) is 0 Å². The molecule has 112 valence electrons. The van der Waals surface area contributed by atoms with Crippen molar-refractivity contribution in [2.24, 2.45) is 0 Å². The molecule has 7 nitrogen and oxygen atoms in total. The van der Waals surface area contributed by atoms with E-state index in [-0.39, 0.29) is 5.91 Å². The van der Waals surface area contributed by atoms with Gasteiger partial charge in [-0.25, -0.2) is 0 Å². The standard InChI is InChI=1S/C14H18N4O3/c1-2-16-13(19)11-8-20-6-5-18(11)14-17-10-7-9(15)3-4-12(10)21-14/h3-4,7,11H,2,5-6,8,15H2,1H3,(H,16,19). The van der Waals surface area contributed by atoms with E-state index in [9.17, 15) is 4.79 Å². The van der Waals surface area contributed by atoms with Gasteiger partial charge in [0, 0.05) is 18.8 Å². The Labute approximate surface area is 122 Å². The van der Waals surface area contributed by atoms with Crippen molar-refractivity contribution in [1.29, 1.82) is 0 Å². The number of carbonyl (C=O) groups is 1. The fourth-order valence-electron chi connectivity index (χ4n) is 2.40. The maximum absolute atomic E-state index is 12.1. The molecule has 1 atom stereocenters. The molecule has 1 amide bonds. The molecule has 1 aromatic carbocycles. The molecule has 1 aliphatic rings. The second kappa shape index (κ2) is 5.61. The monoisotopic (exact) mass is 290 g/mol. The number of nitrogen functional groups attached to an aromatic ring is 1. The summed E-state index contributed by atoms with van der Waals surface area (Å²) in [7, 11) is 0. The minimum absolute atomic E-state index is 0.0843. The van der Waals surface area contributed by atoms with Crippen LogP contribution in [0, 0.1) is 0 Å². The number of ether oxygens (including phenoxy) is 1. The van der Waals surface area contributed by atoms with E-state index >= 15 is 0 Å². The lowest BCUT2D eigenvalue weighted by Crippen LogP contribution is -2.54. The summed E-state index contributed by atoms with van der Waals surface area (Å²) in [5.41, 5.74) is 7.72. The highest BCUT2D eigenvalue weighted by Crippen LogP contribution is 2.26. The number of amides is 1. The van der Waals surface area contributed by atoms with Crippen LogP contribution < -0.4 is 16.0 Å². The highest BCUT2D eigenvalue weighted by atomic mass is 16.5. The zero-order valence-corrected chi connectivity index (χ0v) is 11.8. The van der Waals surface area contributed by atoms with Gasteiger partial charge in [0.15, 0.2) is 5.58 Å². The van der Waals surface area contributed by atoms with Crippen LogP contribution >= 0.6 is 0 Å². The Balaban J connectivity index is 1.92. The first-order valence-electron chi connectivity index (χ1n) is 6.97. The van der Waals surface area contributed by atoms with Gasteiger partial charge in [-0.05, 0) is 25.1 Å². The average Bonchev–Trinajstić information content (AvgIpc) is 2.90. The SMILES string of the molecule is CCNC(=O)C1COCCN1c1nc2cc(N)ccc2o1. The molecule has 2 heterocycles. The van der Waals surface area contributed by atoms with E-state index in [1.807, 2.05) is 11.8 Å². The Morgan fingerprint density at radius 2 is 2.43 bits per heavy atom. The minimum atomic E-state index is -0.427. The van der Waals surface area contributed by atoms with Crippen molar-refractivity contribution in [3.05, 3.63) is 18.2 Å². The molecule has 3 N–H and O–H groups in total. The number of nitrogens with zero attached hydrogens (tertiary/aromatic N) is 2. The van der Waals surface area contributed by atoms with Crippen molar-refractivity contribution in [2.45, 2.75) is 13.0 Å². The van der Waals surface area contributed by atoms with E-state index in [0.29, 0.717) is 49.1 Å². The first kappa shape index (κ1) is 13.7. The fourth-order valence-corrected chi connectivity index (χ4v) is 2.40. The van der Waals surface area contributed by atoms with Crippen LogP contribution in [0.3, 0.4) is 0 Å². The molecule has 1 aromatic heterocycles. The van der Waals surface area contributed by atoms with Gasteiger partial charge in [-0.1, -0.05) is 0 Å². The number of nitrogens with two attached hydrogens (primary N) is 1. The second-order valence-corrected chi connectivity index (χ2v) is 4.90. The number of carbonyl (C=O) groups excluding carboxylic acids is 1. The molecule has 3 rings (SSSR count). The summed E-state index contributed by atoms with van der Waals surface area (Å²) in [6.07, 6.45) is 0. The Morgan fingerprint density at radius 1 is 1.57 bits per heavy atom. The lowest BCUT2D eigenvalue weighted by atomic mass is 10.2. The van der Waals surface area contributed by atoms with Gasteiger partial charge >= 0.3 is 0 Å². The molecule has 1 fully saturated rings. The molecule has 1 aliphatic heterocycles. The number of nitrogens with one attached hydrogen (secondary N) is 1. The van der Waals surface area contributed by atoms with Gasteiger partial charge < -0.3 is 25.1 Å². The molecule has 0 radical (unpaired) electrons. The van der Waals surface area contributed by atoms with Crippen molar-refractivity contribution in [3.63, 3.8) is 0 Å². The molecule has 0 saturated carbocycles. The first-order valence-corrected chi connectivity index (χ1v) is 6.97. The molecule has 0 aliphatic carbocycles. The summed E-state index contributed by atoms with van der Waals surface area (Å²) in [4.78, 5) is 18.4. The molecular formula is C14H18N4O3. The van der Waals surface area contributed by atoms with E-state index < -0.39 is 6.04 Å². The Morgan fingerprint density at radius 3 is 3.24 bits per heavy atom. The van der Waals surface area contributed by atoms with Crippen molar-refractivity contribution in [2.75, 3.05) is 36.9 Å². The van der Waals surface area contributed by atoms with Gasteiger partial charge in [-0.2, -0.15) is 4.98 Å². The topological polar surface area (TPSA) is 93.6 Å². The molecule has 1 saturated heterocycles. The Kier molecular flexibility index (Phi) is 3.66. The summed E-state index contributed by atoms with van der Waals surface area (Å²) < 4.78 is 11.1. The number of anilines is 2. The van der Waals surface area contributed by atoms with Crippen LogP contribution in [-0.2, 0) is 9.53 Å². The molecule has 7 heteroatoms. The number of oxazole rings is 1. The summed E-state index contributed by atoms with van der Waals surface area (Å²) >= 11 is 0. The van der Waals surface area contributed by atoms with Crippen molar-refractivity contribution < 1.29 is 13.9 Å². The van der Waals surface area contributed by atoms with Gasteiger partial charge in [0.05, 0.1) is 13.2 Å². The van der Waals surface area contributed by atoms with E-state index in [1.54, 1.807) is 18.2 Å². The predicted octanol–water partition coefficient (Wildman–Crippen LogP) is 0.751. The third-order valence-electron chi connectivity index (χ3n) is 3.43. The smallest absolute Gasteiger partial charge is 0.299 e. The lowest BCUT2D eigenvalue weighted by molar-refractivity contribution is -0.124. The van der Waals surface area contributed by atoms with E-state index in [4.69, 9.17) is 14.9 Å². The normalized spacial score (nSPS) is 18.9. The number of hydrogen-bond donors (Lipinski definition) is 2. The summed E-state index contributed by atoms with van der Waals surface area (Å²) in [6.45, 7) is 3.88. The van der Waals surface area contributed by atoms with Crippen molar-refractivity contribution >= 4 is 28.7 Å². The molecule has 0 bridgehead atoms. The molecule has 1 unspecified atom stereocenters. The second-order valence-electron chi connectivity index (χ2n) is 4.90. The quantitative estimate of drug-likeness (QED) is 0.810. The van der Waals surface area contributed by atoms with Crippen LogP contribution in [0.25, 0.3) is 11.1 Å². The van der Waals surface area contributed by atoms with Gasteiger partial charge in [-0.15, -0.1) is 0 Å². The van der Waals surface area contributed by atoms with Crippen LogP contribution in [-0.4, -0.2) is 43.2 Å². The molecule has 21 heavy (non-hydrogen) atoms. The van der Waals surface area contributed by atoms with Crippen LogP contribution in [0.1, 0.15) is 6.92 Å². The predicted molar refractivity (Wildman–Crippen MR) is 79.1 cm³/mol. The van der Waals surface area contributed by atoms with Crippen LogP contribution in [0.5, 0.6) is 0 Å². The van der Waals surface area contributed by atoms with Crippen LogP contribution in [0.4, 0.5) is 11.7 Å². The zero-order chi connectivity index (χ0) is 14.8. The summed E-state index contributed by atoms with van der Waals surface area (Å²) in [6, 6.07) is 5.30. The number of morpholine rings is 1. The third kappa shape index (κ3) is 2.64. The number of benzene rings is 1. The molecule has 0 spiro atoms. The number of likely N-dealkylation sites (N-methyl/N-ethyl adjacent to an activating group) is 1. The Bertz CT molecular complexity index is 655. The maximum Gasteiger partial charge on any atom is 0.299 e. The number of rotatable bonds is 3. The van der Waals surface area contributed by atoms with Crippen LogP contribution in [0.15, 0.2) is 22.6 Å². The number of fused-ring (bicyclic) bond motifs is 1. The van der Waals surface area contributed by atoms with E-state index in [2.05, 4.69) is 10.3 Å². The fraction of sp³-hybridized carbons (Fsp3) is 0.429. The molecule has 2 aromatic rings. The summed E-state index contributed by atoms with van der Waals surface area (Å²) in [5.74, 6) is -0.0843. The van der Waals surface area contributed by atoms with Crippen LogP contribution in [0.2, 0.25) is 0 Å². The highest BCUT2D eigenvalue weighted by Gasteiger charge is 2.32. The Hall–Kier alpha value is -2.28. The van der Waals surface area contributed by atoms with Gasteiger partial charge in [0.25, 0.3) is 6.01 Å². The van der Waals surface area contributed by atoms with Crippen molar-refractivity contribution in [3.8, 4) is 0 Å². The zero-order valence-electron chi connectivity index (χ0n) is 11.8. The first-order chi connectivity index (χ1) is 10.2. The number of aromatic nitrogens is 1. The highest BCUT2D eigenvalue weighted by molar-refractivity contribution is 5.86. The van der Waals surface area contributed by atoms with Crippen molar-refractivity contribution in [1.82, 2.24) is 10.3 Å². The average molecular weight is 290 g/mol. The van der Waals surface area contributed by atoms with Gasteiger partial charge in [0.1, 0.15) is 11.6 Å². The largest absolute Gasteiger partial charge is 0.423 e. The van der Waals surface area contributed by atoms with E-state index in [1.165, 1.54) is 0 Å².